The van der Waals surface area contributed by atoms with Gasteiger partial charge in [-0.3, -0.25) is 4.79 Å². The van der Waals surface area contributed by atoms with Crippen LogP contribution >= 0.6 is 0 Å². The van der Waals surface area contributed by atoms with Gasteiger partial charge in [-0.15, -0.1) is 0 Å². The molecule has 3 N–H and O–H groups in total. The molecule has 1 aliphatic heterocycles. The molecular formula is C19H24N4O2. The van der Waals surface area contributed by atoms with Crippen molar-refractivity contribution in [2.75, 3.05) is 25.5 Å². The first-order valence-electron chi connectivity index (χ1n) is 8.54. The summed E-state index contributed by atoms with van der Waals surface area (Å²) in [6.45, 7) is 1.96. The molecule has 1 aromatic heterocycles. The van der Waals surface area contributed by atoms with Crippen molar-refractivity contribution in [1.82, 2.24) is 9.88 Å². The van der Waals surface area contributed by atoms with Crippen LogP contribution in [0.3, 0.4) is 0 Å². The highest BCUT2D eigenvalue weighted by Gasteiger charge is 2.23. The molecule has 0 bridgehead atoms. The second-order valence-electron chi connectivity index (χ2n) is 6.19. The number of aromatic nitrogens is 1. The van der Waals surface area contributed by atoms with Gasteiger partial charge in [0, 0.05) is 43.5 Å². The Kier molecular flexibility index (Phi) is 5.50. The summed E-state index contributed by atoms with van der Waals surface area (Å²) < 4.78 is 5.22. The van der Waals surface area contributed by atoms with Gasteiger partial charge in [-0.25, -0.2) is 4.98 Å². The van der Waals surface area contributed by atoms with Crippen LogP contribution in [-0.4, -0.2) is 42.0 Å². The van der Waals surface area contributed by atoms with E-state index in [-0.39, 0.29) is 5.91 Å². The molecule has 6 heteroatoms. The Balaban J connectivity index is 1.54. The molecule has 0 unspecified atom stereocenters. The number of pyridine rings is 1. The molecule has 25 heavy (non-hydrogen) atoms. The number of methoxy groups -OCH3 is 1. The number of rotatable bonds is 5. The van der Waals surface area contributed by atoms with E-state index in [9.17, 15) is 4.79 Å². The maximum absolute atomic E-state index is 12.6. The number of benzene rings is 1. The van der Waals surface area contributed by atoms with E-state index in [1.807, 2.05) is 41.3 Å². The monoisotopic (exact) mass is 340 g/mol. The Bertz CT molecular complexity index is 710. The van der Waals surface area contributed by atoms with E-state index in [0.29, 0.717) is 12.6 Å². The number of anilines is 1. The minimum atomic E-state index is 0.0847. The number of nitrogens with two attached hydrogens (primary N) is 1. The van der Waals surface area contributed by atoms with Gasteiger partial charge < -0.3 is 20.7 Å². The number of hydrogen-bond donors (Lipinski definition) is 2. The van der Waals surface area contributed by atoms with Crippen LogP contribution in [0.4, 0.5) is 5.82 Å². The van der Waals surface area contributed by atoms with Gasteiger partial charge in [0.05, 0.1) is 7.11 Å². The first kappa shape index (κ1) is 17.2. The molecule has 1 aliphatic rings. The molecule has 132 valence electrons. The lowest BCUT2D eigenvalue weighted by Gasteiger charge is -2.32. The summed E-state index contributed by atoms with van der Waals surface area (Å²) in [5.41, 5.74) is 7.35. The van der Waals surface area contributed by atoms with Crippen LogP contribution in [-0.2, 0) is 6.54 Å². The van der Waals surface area contributed by atoms with Crippen molar-refractivity contribution in [3.05, 3.63) is 53.7 Å². The van der Waals surface area contributed by atoms with E-state index in [1.54, 1.807) is 13.3 Å². The molecule has 2 aromatic rings. The van der Waals surface area contributed by atoms with Gasteiger partial charge in [0.2, 0.25) is 0 Å². The van der Waals surface area contributed by atoms with E-state index in [4.69, 9.17) is 10.5 Å². The van der Waals surface area contributed by atoms with Gasteiger partial charge in [-0.1, -0.05) is 12.1 Å². The Morgan fingerprint density at radius 1 is 1.28 bits per heavy atom. The van der Waals surface area contributed by atoms with E-state index in [2.05, 4.69) is 10.3 Å². The molecule has 2 heterocycles. The molecular weight excluding hydrogens is 316 g/mol. The number of carbonyl (C=O) groups excluding carboxylic acids is 1. The smallest absolute Gasteiger partial charge is 0.253 e. The van der Waals surface area contributed by atoms with Gasteiger partial charge in [0.15, 0.2) is 0 Å². The van der Waals surface area contributed by atoms with Crippen molar-refractivity contribution in [3.8, 4) is 5.75 Å². The summed E-state index contributed by atoms with van der Waals surface area (Å²) in [4.78, 5) is 18.8. The number of nitrogens with one attached hydrogen (secondary N) is 1. The molecule has 1 amide bonds. The topological polar surface area (TPSA) is 80.5 Å². The van der Waals surface area contributed by atoms with Crippen LogP contribution in [0.15, 0.2) is 42.6 Å². The maximum atomic E-state index is 12.6. The second kappa shape index (κ2) is 7.98. The first-order valence-corrected chi connectivity index (χ1v) is 8.54. The molecule has 1 aromatic carbocycles. The third-order valence-electron chi connectivity index (χ3n) is 4.54. The predicted octanol–water partition coefficient (Wildman–Crippen LogP) is 2.27. The van der Waals surface area contributed by atoms with Crippen LogP contribution in [0.1, 0.15) is 28.8 Å². The lowest BCUT2D eigenvalue weighted by molar-refractivity contribution is 0.0718. The SMILES string of the molecule is COc1ccnc(NC2CCN(C(=O)c3ccc(CN)cc3)CC2)c1. The van der Waals surface area contributed by atoms with Gasteiger partial charge in [0.25, 0.3) is 5.91 Å². The van der Waals surface area contributed by atoms with Crippen molar-refractivity contribution in [2.45, 2.75) is 25.4 Å². The molecule has 0 saturated carbocycles. The minimum Gasteiger partial charge on any atom is -0.497 e. The fraction of sp³-hybridized carbons (Fsp3) is 0.368. The van der Waals surface area contributed by atoms with Crippen molar-refractivity contribution < 1.29 is 9.53 Å². The Hall–Kier alpha value is -2.60. The highest BCUT2D eigenvalue weighted by molar-refractivity contribution is 5.94. The van der Waals surface area contributed by atoms with Gasteiger partial charge >= 0.3 is 0 Å². The highest BCUT2D eigenvalue weighted by Crippen LogP contribution is 2.20. The standard InChI is InChI=1S/C19H24N4O2/c1-25-17-6-9-21-18(12-17)22-16-7-10-23(11-8-16)19(24)15-4-2-14(13-20)3-5-15/h2-6,9,12,16H,7-8,10-11,13,20H2,1H3,(H,21,22). The van der Waals surface area contributed by atoms with Gasteiger partial charge in [-0.2, -0.15) is 0 Å². The average Bonchev–Trinajstić information content (AvgIpc) is 2.68. The van der Waals surface area contributed by atoms with E-state index in [1.165, 1.54) is 0 Å². The number of ether oxygens (including phenoxy) is 1. The molecule has 0 aliphatic carbocycles. The number of nitrogens with zero attached hydrogens (tertiary/aromatic N) is 2. The molecule has 0 radical (unpaired) electrons. The van der Waals surface area contributed by atoms with E-state index >= 15 is 0 Å². The summed E-state index contributed by atoms with van der Waals surface area (Å²) in [5, 5.41) is 3.43. The van der Waals surface area contributed by atoms with Crippen LogP contribution in [0, 0.1) is 0 Å². The van der Waals surface area contributed by atoms with Crippen molar-refractivity contribution in [3.63, 3.8) is 0 Å². The van der Waals surface area contributed by atoms with E-state index < -0.39 is 0 Å². The minimum absolute atomic E-state index is 0.0847. The fourth-order valence-electron chi connectivity index (χ4n) is 3.02. The molecule has 0 spiro atoms. The third-order valence-corrected chi connectivity index (χ3v) is 4.54. The number of carbonyl (C=O) groups is 1. The normalized spacial score (nSPS) is 15.0. The highest BCUT2D eigenvalue weighted by atomic mass is 16.5. The van der Waals surface area contributed by atoms with Gasteiger partial charge in [-0.05, 0) is 36.6 Å². The van der Waals surface area contributed by atoms with Crippen LogP contribution in [0.5, 0.6) is 5.75 Å². The largest absolute Gasteiger partial charge is 0.497 e. The Morgan fingerprint density at radius 3 is 2.64 bits per heavy atom. The Morgan fingerprint density at radius 2 is 2.00 bits per heavy atom. The number of piperidine rings is 1. The first-order chi connectivity index (χ1) is 12.2. The maximum Gasteiger partial charge on any atom is 0.253 e. The third kappa shape index (κ3) is 4.28. The summed E-state index contributed by atoms with van der Waals surface area (Å²) in [6, 6.07) is 11.6. The van der Waals surface area contributed by atoms with Crippen LogP contribution in [0.2, 0.25) is 0 Å². The van der Waals surface area contributed by atoms with Crippen LogP contribution in [0.25, 0.3) is 0 Å². The average molecular weight is 340 g/mol. The van der Waals surface area contributed by atoms with Crippen molar-refractivity contribution in [2.24, 2.45) is 5.73 Å². The van der Waals surface area contributed by atoms with E-state index in [0.717, 1.165) is 48.6 Å². The van der Waals surface area contributed by atoms with Gasteiger partial charge in [0.1, 0.15) is 11.6 Å². The quantitative estimate of drug-likeness (QED) is 0.873. The molecule has 0 atom stereocenters. The predicted molar refractivity (Wildman–Crippen MR) is 97.7 cm³/mol. The number of hydrogen-bond acceptors (Lipinski definition) is 5. The zero-order valence-corrected chi connectivity index (χ0v) is 14.4. The number of likely N-dealkylation sites (tertiary alicyclic amines) is 1. The van der Waals surface area contributed by atoms with Crippen LogP contribution < -0.4 is 15.8 Å². The molecule has 6 nitrogen and oxygen atoms in total. The van der Waals surface area contributed by atoms with Crippen molar-refractivity contribution >= 4 is 11.7 Å². The van der Waals surface area contributed by atoms with Crippen molar-refractivity contribution in [1.29, 1.82) is 0 Å². The Labute approximate surface area is 148 Å². The zero-order chi connectivity index (χ0) is 17.6. The summed E-state index contributed by atoms with van der Waals surface area (Å²) in [7, 11) is 1.64. The molecule has 1 fully saturated rings. The molecule has 3 rings (SSSR count). The number of amides is 1. The second-order valence-corrected chi connectivity index (χ2v) is 6.19. The fourth-order valence-corrected chi connectivity index (χ4v) is 3.02. The summed E-state index contributed by atoms with van der Waals surface area (Å²) in [6.07, 6.45) is 3.52. The summed E-state index contributed by atoms with van der Waals surface area (Å²) in [5.74, 6) is 1.68. The summed E-state index contributed by atoms with van der Waals surface area (Å²) >= 11 is 0. The lowest BCUT2D eigenvalue weighted by atomic mass is 10.0. The molecule has 1 saturated heterocycles. The lowest BCUT2D eigenvalue weighted by Crippen LogP contribution is -2.42. The zero-order valence-electron chi connectivity index (χ0n) is 14.4.